The lowest BCUT2D eigenvalue weighted by molar-refractivity contribution is -0.136. The number of halogens is 4. The molecule has 1 unspecified atom stereocenters. The number of aromatic nitrogens is 3. The van der Waals surface area contributed by atoms with E-state index in [1.54, 1.807) is 12.1 Å². The van der Waals surface area contributed by atoms with Gasteiger partial charge in [-0.05, 0) is 54.8 Å². The van der Waals surface area contributed by atoms with Crippen LogP contribution in [0.5, 0.6) is 0 Å². The van der Waals surface area contributed by atoms with E-state index in [0.29, 0.717) is 10.6 Å². The molecule has 0 saturated carbocycles. The van der Waals surface area contributed by atoms with Crippen LogP contribution in [0.3, 0.4) is 0 Å². The average molecular weight is 497 g/mol. The van der Waals surface area contributed by atoms with Crippen molar-refractivity contribution in [3.63, 3.8) is 0 Å². The Morgan fingerprint density at radius 1 is 1.18 bits per heavy atom. The van der Waals surface area contributed by atoms with Crippen molar-refractivity contribution in [3.05, 3.63) is 74.7 Å². The zero-order valence-electron chi connectivity index (χ0n) is 18.6. The van der Waals surface area contributed by atoms with Gasteiger partial charge >= 0.3 is 11.9 Å². The number of amides is 1. The molecule has 0 radical (unpaired) electrons. The largest absolute Gasteiger partial charge is 0.394 e. The number of nitrogens with zero attached hydrogens (tertiary/aromatic N) is 3. The number of aliphatic hydroxyl groups is 1. The first-order chi connectivity index (χ1) is 16.0. The van der Waals surface area contributed by atoms with Gasteiger partial charge in [-0.1, -0.05) is 29.8 Å². The van der Waals surface area contributed by atoms with Gasteiger partial charge < -0.3 is 10.4 Å². The van der Waals surface area contributed by atoms with Crippen LogP contribution in [0.25, 0.3) is 11.4 Å². The van der Waals surface area contributed by atoms with Crippen LogP contribution in [0.15, 0.2) is 47.3 Å². The van der Waals surface area contributed by atoms with Crippen molar-refractivity contribution in [3.8, 4) is 11.4 Å². The molecule has 1 heterocycles. The maximum atomic E-state index is 12.8. The molecule has 0 spiro atoms. The number of aryl methyl sites for hydroxylation is 1. The first kappa shape index (κ1) is 25.5. The minimum atomic E-state index is -4.48. The summed E-state index contributed by atoms with van der Waals surface area (Å²) in [6.45, 7) is 2.22. The van der Waals surface area contributed by atoms with Gasteiger partial charge in [0, 0.05) is 17.1 Å². The van der Waals surface area contributed by atoms with E-state index in [4.69, 9.17) is 11.6 Å². The zero-order valence-corrected chi connectivity index (χ0v) is 19.3. The Morgan fingerprint density at radius 2 is 1.85 bits per heavy atom. The van der Waals surface area contributed by atoms with Crippen molar-refractivity contribution in [1.82, 2.24) is 19.7 Å². The SMILES string of the molecule is Cc1cccc(C(CO)NC(=O)Cn2nc(-c3ccc(Cl)cc3)n(CCC(F)(F)F)c2=O)c1C. The van der Waals surface area contributed by atoms with Crippen molar-refractivity contribution >= 4 is 17.5 Å². The molecule has 3 aromatic rings. The Hall–Kier alpha value is -3.11. The van der Waals surface area contributed by atoms with Gasteiger partial charge in [0.25, 0.3) is 0 Å². The first-order valence-electron chi connectivity index (χ1n) is 10.5. The maximum Gasteiger partial charge on any atom is 0.390 e. The number of aliphatic hydroxyl groups excluding tert-OH is 1. The van der Waals surface area contributed by atoms with Crippen LogP contribution < -0.4 is 11.0 Å². The summed E-state index contributed by atoms with van der Waals surface area (Å²) in [6, 6.07) is 10.9. The van der Waals surface area contributed by atoms with Crippen LogP contribution >= 0.6 is 11.6 Å². The quantitative estimate of drug-likeness (QED) is 0.496. The van der Waals surface area contributed by atoms with Crippen LogP contribution in [0.4, 0.5) is 13.2 Å². The van der Waals surface area contributed by atoms with E-state index in [1.807, 2.05) is 19.9 Å². The van der Waals surface area contributed by atoms with E-state index >= 15 is 0 Å². The molecule has 0 aliphatic carbocycles. The summed E-state index contributed by atoms with van der Waals surface area (Å²) in [5, 5.41) is 17.0. The lowest BCUT2D eigenvalue weighted by Crippen LogP contribution is -2.37. The topological polar surface area (TPSA) is 89.2 Å². The van der Waals surface area contributed by atoms with Crippen LogP contribution in [-0.2, 0) is 17.9 Å². The average Bonchev–Trinajstić information content (AvgIpc) is 3.08. The highest BCUT2D eigenvalue weighted by atomic mass is 35.5. The lowest BCUT2D eigenvalue weighted by atomic mass is 9.98. The Labute approximate surface area is 198 Å². The minimum absolute atomic E-state index is 0.00745. The third-order valence-corrected chi connectivity index (χ3v) is 5.73. The maximum absolute atomic E-state index is 12.8. The standard InChI is InChI=1S/C23H24ClF3N4O3/c1-14-4-3-5-18(15(14)2)19(13-32)28-20(33)12-31-22(34)30(11-10-23(25,26)27)21(29-31)16-6-8-17(24)9-7-16/h3-9,19,32H,10-13H2,1-2H3,(H,28,33). The van der Waals surface area contributed by atoms with Gasteiger partial charge in [0.2, 0.25) is 5.91 Å². The fourth-order valence-electron chi connectivity index (χ4n) is 3.55. The highest BCUT2D eigenvalue weighted by molar-refractivity contribution is 6.30. The van der Waals surface area contributed by atoms with E-state index in [0.717, 1.165) is 25.9 Å². The van der Waals surface area contributed by atoms with E-state index in [-0.39, 0.29) is 12.4 Å². The number of carbonyl (C=O) groups is 1. The second-order valence-corrected chi connectivity index (χ2v) is 8.32. The second kappa shape index (κ2) is 10.4. The monoisotopic (exact) mass is 496 g/mol. The molecule has 0 aliphatic heterocycles. The molecule has 1 amide bonds. The van der Waals surface area contributed by atoms with E-state index in [9.17, 15) is 27.9 Å². The Kier molecular flexibility index (Phi) is 7.83. The molecule has 2 aromatic carbocycles. The molecule has 0 saturated heterocycles. The van der Waals surface area contributed by atoms with Gasteiger partial charge in [0.1, 0.15) is 6.54 Å². The summed E-state index contributed by atoms with van der Waals surface area (Å²) >= 11 is 5.88. The summed E-state index contributed by atoms with van der Waals surface area (Å²) in [5.41, 5.74) is 2.14. The summed E-state index contributed by atoms with van der Waals surface area (Å²) in [5.74, 6) is -0.628. The number of benzene rings is 2. The zero-order chi connectivity index (χ0) is 25.0. The van der Waals surface area contributed by atoms with Crippen LogP contribution in [0.2, 0.25) is 5.02 Å². The molecular formula is C23H24ClF3N4O3. The van der Waals surface area contributed by atoms with E-state index in [2.05, 4.69) is 10.4 Å². The highest BCUT2D eigenvalue weighted by Gasteiger charge is 2.29. The molecule has 182 valence electrons. The first-order valence-corrected chi connectivity index (χ1v) is 10.8. The molecule has 0 bridgehead atoms. The van der Waals surface area contributed by atoms with Crippen molar-refractivity contribution in [1.29, 1.82) is 0 Å². The van der Waals surface area contributed by atoms with Gasteiger partial charge in [-0.3, -0.25) is 9.36 Å². The predicted octanol–water partition coefficient (Wildman–Crippen LogP) is 3.78. The van der Waals surface area contributed by atoms with Crippen LogP contribution in [0.1, 0.15) is 29.2 Å². The molecule has 0 fully saturated rings. The molecule has 1 atom stereocenters. The number of nitrogens with one attached hydrogen (secondary N) is 1. The van der Waals surface area contributed by atoms with Crippen molar-refractivity contribution < 1.29 is 23.1 Å². The fourth-order valence-corrected chi connectivity index (χ4v) is 3.67. The van der Waals surface area contributed by atoms with Gasteiger partial charge in [-0.25, -0.2) is 9.48 Å². The lowest BCUT2D eigenvalue weighted by Gasteiger charge is -2.19. The minimum Gasteiger partial charge on any atom is -0.394 e. The van der Waals surface area contributed by atoms with E-state index in [1.165, 1.54) is 24.3 Å². The van der Waals surface area contributed by atoms with Gasteiger partial charge in [0.15, 0.2) is 5.82 Å². The number of hydrogen-bond acceptors (Lipinski definition) is 4. The second-order valence-electron chi connectivity index (χ2n) is 7.88. The van der Waals surface area contributed by atoms with Crippen LogP contribution in [-0.4, -0.2) is 38.1 Å². The number of carbonyl (C=O) groups excluding carboxylic acids is 1. The fraction of sp³-hybridized carbons (Fsp3) is 0.348. The number of rotatable bonds is 8. The normalized spacial score (nSPS) is 12.6. The molecule has 34 heavy (non-hydrogen) atoms. The molecule has 2 N–H and O–H groups in total. The number of alkyl halides is 3. The van der Waals surface area contributed by atoms with Crippen LogP contribution in [0, 0.1) is 13.8 Å². The molecule has 0 aliphatic rings. The molecule has 3 rings (SSSR count). The summed E-state index contributed by atoms with van der Waals surface area (Å²) in [6.07, 6.45) is -5.71. The molecule has 1 aromatic heterocycles. The molecular weight excluding hydrogens is 473 g/mol. The summed E-state index contributed by atoms with van der Waals surface area (Å²) in [4.78, 5) is 25.5. The molecule has 7 nitrogen and oxygen atoms in total. The Balaban J connectivity index is 1.88. The van der Waals surface area contributed by atoms with Gasteiger partial charge in [0.05, 0.1) is 19.1 Å². The smallest absolute Gasteiger partial charge is 0.390 e. The van der Waals surface area contributed by atoms with Gasteiger partial charge in [-0.15, -0.1) is 5.10 Å². The summed E-state index contributed by atoms with van der Waals surface area (Å²) < 4.78 is 40.2. The predicted molar refractivity (Wildman–Crippen MR) is 121 cm³/mol. The Bertz CT molecular complexity index is 1220. The third kappa shape index (κ3) is 6.06. The number of hydrogen-bond donors (Lipinski definition) is 2. The molecule has 11 heteroatoms. The van der Waals surface area contributed by atoms with Gasteiger partial charge in [-0.2, -0.15) is 13.2 Å². The highest BCUT2D eigenvalue weighted by Crippen LogP contribution is 2.24. The Morgan fingerprint density at radius 3 is 2.47 bits per heavy atom. The van der Waals surface area contributed by atoms with E-state index < -0.39 is 43.3 Å². The van der Waals surface area contributed by atoms with Crippen molar-refractivity contribution in [2.45, 2.75) is 45.6 Å². The summed E-state index contributed by atoms with van der Waals surface area (Å²) in [7, 11) is 0. The van der Waals surface area contributed by atoms with Crippen molar-refractivity contribution in [2.75, 3.05) is 6.61 Å². The van der Waals surface area contributed by atoms with Crippen molar-refractivity contribution in [2.24, 2.45) is 0 Å². The third-order valence-electron chi connectivity index (χ3n) is 5.48.